The van der Waals surface area contributed by atoms with Gasteiger partial charge in [0.2, 0.25) is 0 Å². The van der Waals surface area contributed by atoms with Crippen molar-refractivity contribution in [2.24, 2.45) is 11.1 Å². The Morgan fingerprint density at radius 2 is 1.62 bits per heavy atom. The summed E-state index contributed by atoms with van der Waals surface area (Å²) in [5, 5.41) is 8.68. The highest BCUT2D eigenvalue weighted by molar-refractivity contribution is 5.91. The van der Waals surface area contributed by atoms with Crippen LogP contribution in [-0.4, -0.2) is 22.4 Å². The third-order valence-corrected chi connectivity index (χ3v) is 1.85. The highest BCUT2D eigenvalue weighted by Gasteiger charge is 2.34. The molecule has 0 rings (SSSR count). The Kier molecular flexibility index (Phi) is 3.22. The zero-order valence-electron chi connectivity index (χ0n) is 8.55. The van der Waals surface area contributed by atoms with E-state index in [1.807, 2.05) is 0 Å². The van der Waals surface area contributed by atoms with Crippen LogP contribution in [0.4, 0.5) is 0 Å². The number of nitrogens with two attached hydrogens (primary N) is 1. The predicted octanol–water partition coefficient (Wildman–Crippen LogP) is 0.794. The lowest BCUT2D eigenvalue weighted by Crippen LogP contribution is -2.48. The number of carbonyl (C=O) groups excluding carboxylic acids is 1. The first-order chi connectivity index (χ1) is 5.57. The van der Waals surface area contributed by atoms with Crippen molar-refractivity contribution in [3.8, 4) is 0 Å². The van der Waals surface area contributed by atoms with Gasteiger partial charge in [0.15, 0.2) is 0 Å². The molecule has 0 aliphatic rings. The molecule has 0 spiro atoms. The minimum absolute atomic E-state index is 0.133. The predicted molar refractivity (Wildman–Crippen MR) is 49.3 cm³/mol. The van der Waals surface area contributed by atoms with E-state index < -0.39 is 16.9 Å². The van der Waals surface area contributed by atoms with Crippen LogP contribution in [0.1, 0.15) is 34.1 Å². The Hall–Kier alpha value is -0.900. The molecule has 3 N–H and O–H groups in total. The third kappa shape index (κ3) is 3.55. The summed E-state index contributed by atoms with van der Waals surface area (Å²) >= 11 is 0. The molecular weight excluding hydrogens is 170 g/mol. The summed E-state index contributed by atoms with van der Waals surface area (Å²) in [5.74, 6) is -1.29. The molecule has 0 aromatic carbocycles. The molecule has 1 unspecified atom stereocenters. The van der Waals surface area contributed by atoms with Crippen molar-refractivity contribution >= 4 is 11.8 Å². The Balaban J connectivity index is 4.47. The maximum Gasteiger partial charge on any atom is 0.323 e. The van der Waals surface area contributed by atoms with E-state index >= 15 is 0 Å². The van der Waals surface area contributed by atoms with Crippen molar-refractivity contribution < 1.29 is 14.7 Å². The second-order valence-corrected chi connectivity index (χ2v) is 4.57. The van der Waals surface area contributed by atoms with Crippen LogP contribution in [0.5, 0.6) is 0 Å². The Labute approximate surface area is 78.1 Å². The van der Waals surface area contributed by atoms with Gasteiger partial charge in [0.05, 0.1) is 0 Å². The van der Waals surface area contributed by atoms with E-state index in [2.05, 4.69) is 0 Å². The van der Waals surface area contributed by atoms with Gasteiger partial charge in [0, 0.05) is 11.8 Å². The molecule has 76 valence electrons. The molecule has 13 heavy (non-hydrogen) atoms. The molecule has 0 radical (unpaired) electrons. The second kappa shape index (κ2) is 3.46. The first-order valence-corrected chi connectivity index (χ1v) is 4.13. The standard InChI is InChI=1S/C9H17NO3/c1-8(2,3)6(11)5-9(4,10)7(12)13/h5,10H2,1-4H3,(H,12,13). The summed E-state index contributed by atoms with van der Waals surface area (Å²) in [4.78, 5) is 22.0. The highest BCUT2D eigenvalue weighted by atomic mass is 16.4. The summed E-state index contributed by atoms with van der Waals surface area (Å²) in [7, 11) is 0. The maximum absolute atomic E-state index is 11.4. The van der Waals surface area contributed by atoms with Gasteiger partial charge >= 0.3 is 5.97 Å². The van der Waals surface area contributed by atoms with Crippen LogP contribution in [-0.2, 0) is 9.59 Å². The van der Waals surface area contributed by atoms with Gasteiger partial charge in [-0.1, -0.05) is 20.8 Å². The molecule has 0 saturated carbocycles. The number of carboxylic acid groups (broad SMARTS) is 1. The van der Waals surface area contributed by atoms with Crippen LogP contribution in [0.25, 0.3) is 0 Å². The minimum atomic E-state index is -1.45. The summed E-state index contributed by atoms with van der Waals surface area (Å²) in [5.41, 5.74) is 3.45. The Morgan fingerprint density at radius 3 is 1.85 bits per heavy atom. The van der Waals surface area contributed by atoms with Crippen molar-refractivity contribution in [1.82, 2.24) is 0 Å². The molecule has 1 atom stereocenters. The smallest absolute Gasteiger partial charge is 0.323 e. The van der Waals surface area contributed by atoms with Crippen molar-refractivity contribution in [1.29, 1.82) is 0 Å². The molecule has 4 heteroatoms. The number of ketones is 1. The molecule has 0 saturated heterocycles. The average Bonchev–Trinajstić information content (AvgIpc) is 1.83. The summed E-state index contributed by atoms with van der Waals surface area (Å²) < 4.78 is 0. The van der Waals surface area contributed by atoms with E-state index in [0.717, 1.165) is 0 Å². The SMILES string of the molecule is CC(C)(C)C(=O)CC(C)(N)C(=O)O. The van der Waals surface area contributed by atoms with Crippen molar-refractivity contribution in [2.45, 2.75) is 39.7 Å². The van der Waals surface area contributed by atoms with Gasteiger partial charge in [0.1, 0.15) is 11.3 Å². The third-order valence-electron chi connectivity index (χ3n) is 1.85. The fourth-order valence-corrected chi connectivity index (χ4v) is 0.674. The van der Waals surface area contributed by atoms with Crippen LogP contribution in [0, 0.1) is 5.41 Å². The van der Waals surface area contributed by atoms with E-state index in [4.69, 9.17) is 10.8 Å². The zero-order valence-corrected chi connectivity index (χ0v) is 8.55. The van der Waals surface area contributed by atoms with E-state index in [-0.39, 0.29) is 12.2 Å². The van der Waals surface area contributed by atoms with Crippen molar-refractivity contribution in [3.05, 3.63) is 0 Å². The van der Waals surface area contributed by atoms with Crippen molar-refractivity contribution in [2.75, 3.05) is 0 Å². The Bertz CT molecular complexity index is 226. The monoisotopic (exact) mass is 187 g/mol. The fraction of sp³-hybridized carbons (Fsp3) is 0.778. The molecule has 0 aromatic rings. The first-order valence-electron chi connectivity index (χ1n) is 4.13. The number of Topliss-reactive ketones (excluding diaryl/α,β-unsaturated/α-hetero) is 1. The topological polar surface area (TPSA) is 80.4 Å². The second-order valence-electron chi connectivity index (χ2n) is 4.57. The maximum atomic E-state index is 11.4. The summed E-state index contributed by atoms with van der Waals surface area (Å²) in [6, 6.07) is 0. The lowest BCUT2D eigenvalue weighted by atomic mass is 9.83. The number of carbonyl (C=O) groups is 2. The Morgan fingerprint density at radius 1 is 1.23 bits per heavy atom. The van der Waals surface area contributed by atoms with Crippen LogP contribution in [0.15, 0.2) is 0 Å². The summed E-state index contributed by atoms with van der Waals surface area (Å²) in [6.45, 7) is 6.58. The van der Waals surface area contributed by atoms with Crippen LogP contribution in [0.2, 0.25) is 0 Å². The normalized spacial score (nSPS) is 16.4. The van der Waals surface area contributed by atoms with E-state index in [0.29, 0.717) is 0 Å². The molecule has 0 aliphatic carbocycles. The largest absolute Gasteiger partial charge is 0.480 e. The number of hydrogen-bond acceptors (Lipinski definition) is 3. The van der Waals surface area contributed by atoms with Crippen molar-refractivity contribution in [3.63, 3.8) is 0 Å². The lowest BCUT2D eigenvalue weighted by molar-refractivity contribution is -0.145. The average molecular weight is 187 g/mol. The number of aliphatic carboxylic acids is 1. The molecule has 0 aliphatic heterocycles. The molecule has 0 fully saturated rings. The molecule has 4 nitrogen and oxygen atoms in total. The van der Waals surface area contributed by atoms with Gasteiger partial charge in [-0.2, -0.15) is 0 Å². The molecule has 0 amide bonds. The van der Waals surface area contributed by atoms with E-state index in [9.17, 15) is 9.59 Å². The zero-order chi connectivity index (χ0) is 10.9. The molecule has 0 heterocycles. The minimum Gasteiger partial charge on any atom is -0.480 e. The van der Waals surface area contributed by atoms with Crippen LogP contribution >= 0.6 is 0 Å². The van der Waals surface area contributed by atoms with Gasteiger partial charge in [-0.3, -0.25) is 9.59 Å². The van der Waals surface area contributed by atoms with Gasteiger partial charge in [-0.15, -0.1) is 0 Å². The van der Waals surface area contributed by atoms with Gasteiger partial charge in [-0.05, 0) is 6.92 Å². The number of carboxylic acids is 1. The van der Waals surface area contributed by atoms with Crippen LogP contribution < -0.4 is 5.73 Å². The molecule has 0 bridgehead atoms. The first kappa shape index (κ1) is 12.1. The fourth-order valence-electron chi connectivity index (χ4n) is 0.674. The number of rotatable bonds is 3. The van der Waals surface area contributed by atoms with E-state index in [1.54, 1.807) is 20.8 Å². The van der Waals surface area contributed by atoms with Crippen LogP contribution in [0.3, 0.4) is 0 Å². The van der Waals surface area contributed by atoms with Gasteiger partial charge < -0.3 is 10.8 Å². The van der Waals surface area contributed by atoms with Gasteiger partial charge in [-0.25, -0.2) is 0 Å². The highest BCUT2D eigenvalue weighted by Crippen LogP contribution is 2.20. The molecular formula is C9H17NO3. The lowest BCUT2D eigenvalue weighted by Gasteiger charge is -2.23. The van der Waals surface area contributed by atoms with Gasteiger partial charge in [0.25, 0.3) is 0 Å². The summed E-state index contributed by atoms with van der Waals surface area (Å²) in [6.07, 6.45) is -0.133. The number of hydrogen-bond donors (Lipinski definition) is 2. The quantitative estimate of drug-likeness (QED) is 0.684. The molecule has 0 aromatic heterocycles. The van der Waals surface area contributed by atoms with E-state index in [1.165, 1.54) is 6.92 Å².